The average Bonchev–Trinajstić information content (AvgIpc) is 2.85. The third-order valence-electron chi connectivity index (χ3n) is 3.74. The Morgan fingerprint density at radius 3 is 2.93 bits per heavy atom. The molecule has 1 fully saturated rings. The van der Waals surface area contributed by atoms with Crippen molar-refractivity contribution in [3.8, 4) is 0 Å². The summed E-state index contributed by atoms with van der Waals surface area (Å²) in [6.07, 6.45) is 8.10. The summed E-state index contributed by atoms with van der Waals surface area (Å²) in [5.74, 6) is 2.00. The molecular formula is C12H18N2O. The number of nitrogens with zero attached hydrogens (tertiary/aromatic N) is 1. The molecule has 0 aromatic carbocycles. The summed E-state index contributed by atoms with van der Waals surface area (Å²) in [5, 5.41) is 7.45. The van der Waals surface area contributed by atoms with Gasteiger partial charge in [-0.2, -0.15) is 0 Å². The maximum atomic E-state index is 5.45. The number of rotatable bonds is 2. The predicted octanol–water partition coefficient (Wildman–Crippen LogP) is 2.40. The first-order chi connectivity index (χ1) is 7.43. The Morgan fingerprint density at radius 2 is 2.07 bits per heavy atom. The van der Waals surface area contributed by atoms with E-state index in [1.54, 1.807) is 0 Å². The second kappa shape index (κ2) is 3.97. The van der Waals surface area contributed by atoms with Crippen molar-refractivity contribution in [1.82, 2.24) is 10.5 Å². The summed E-state index contributed by atoms with van der Waals surface area (Å²) >= 11 is 0. The Hall–Kier alpha value is -0.830. The van der Waals surface area contributed by atoms with E-state index in [0.29, 0.717) is 0 Å². The highest BCUT2D eigenvalue weighted by Gasteiger charge is 2.23. The van der Waals surface area contributed by atoms with E-state index in [2.05, 4.69) is 10.5 Å². The van der Waals surface area contributed by atoms with E-state index in [-0.39, 0.29) is 0 Å². The highest BCUT2D eigenvalue weighted by Crippen LogP contribution is 2.29. The third-order valence-corrected chi connectivity index (χ3v) is 3.74. The van der Waals surface area contributed by atoms with Gasteiger partial charge < -0.3 is 9.84 Å². The molecule has 2 heterocycles. The van der Waals surface area contributed by atoms with Crippen molar-refractivity contribution in [2.75, 3.05) is 0 Å². The lowest BCUT2D eigenvalue weighted by molar-refractivity contribution is 0.305. The fourth-order valence-electron chi connectivity index (χ4n) is 2.84. The van der Waals surface area contributed by atoms with Gasteiger partial charge in [0.2, 0.25) is 0 Å². The molecule has 15 heavy (non-hydrogen) atoms. The lowest BCUT2D eigenvalue weighted by atomic mass is 9.86. The van der Waals surface area contributed by atoms with Crippen LogP contribution in [0.3, 0.4) is 0 Å². The molecule has 1 aromatic rings. The summed E-state index contributed by atoms with van der Waals surface area (Å²) < 4.78 is 5.45. The molecule has 0 amide bonds. The van der Waals surface area contributed by atoms with E-state index in [1.807, 2.05) is 0 Å². The first-order valence-corrected chi connectivity index (χ1v) is 6.10. The van der Waals surface area contributed by atoms with Gasteiger partial charge in [0, 0.05) is 25.1 Å². The second-order valence-electron chi connectivity index (χ2n) is 4.84. The van der Waals surface area contributed by atoms with E-state index in [0.717, 1.165) is 36.9 Å². The fourth-order valence-corrected chi connectivity index (χ4v) is 2.84. The lowest BCUT2D eigenvalue weighted by Crippen LogP contribution is -2.10. The van der Waals surface area contributed by atoms with Gasteiger partial charge in [0.25, 0.3) is 0 Å². The number of hydrogen-bond donors (Lipinski definition) is 1. The van der Waals surface area contributed by atoms with Gasteiger partial charge in [-0.3, -0.25) is 0 Å². The lowest BCUT2D eigenvalue weighted by Gasteiger charge is -2.20. The van der Waals surface area contributed by atoms with Crippen molar-refractivity contribution in [2.45, 2.75) is 51.6 Å². The largest absolute Gasteiger partial charge is 0.361 e. The molecule has 82 valence electrons. The molecule has 1 N–H and O–H groups in total. The van der Waals surface area contributed by atoms with Crippen LogP contribution in [0.5, 0.6) is 0 Å². The van der Waals surface area contributed by atoms with Gasteiger partial charge in [-0.15, -0.1) is 0 Å². The minimum Gasteiger partial charge on any atom is -0.361 e. The van der Waals surface area contributed by atoms with Crippen LogP contribution in [-0.2, 0) is 19.5 Å². The van der Waals surface area contributed by atoms with Gasteiger partial charge in [-0.1, -0.05) is 37.3 Å². The molecule has 3 rings (SSSR count). The van der Waals surface area contributed by atoms with Gasteiger partial charge in [0.1, 0.15) is 11.5 Å². The van der Waals surface area contributed by atoms with E-state index in [1.165, 1.54) is 37.7 Å². The summed E-state index contributed by atoms with van der Waals surface area (Å²) in [6, 6.07) is 0. The Labute approximate surface area is 90.2 Å². The maximum Gasteiger partial charge on any atom is 0.141 e. The monoisotopic (exact) mass is 206 g/mol. The molecule has 1 aliphatic heterocycles. The Balaban J connectivity index is 1.70. The van der Waals surface area contributed by atoms with E-state index in [9.17, 15) is 0 Å². The van der Waals surface area contributed by atoms with Gasteiger partial charge >= 0.3 is 0 Å². The van der Waals surface area contributed by atoms with Crippen LogP contribution >= 0.6 is 0 Å². The normalized spacial score (nSPS) is 21.9. The Kier molecular flexibility index (Phi) is 2.49. The van der Waals surface area contributed by atoms with Crippen LogP contribution in [-0.4, -0.2) is 5.16 Å². The summed E-state index contributed by atoms with van der Waals surface area (Å²) in [5.41, 5.74) is 2.49. The summed E-state index contributed by atoms with van der Waals surface area (Å²) in [4.78, 5) is 0. The molecule has 0 spiro atoms. The van der Waals surface area contributed by atoms with Crippen molar-refractivity contribution in [3.05, 3.63) is 17.0 Å². The third kappa shape index (κ3) is 1.81. The maximum absolute atomic E-state index is 5.45. The van der Waals surface area contributed by atoms with Gasteiger partial charge in [-0.05, 0) is 5.92 Å². The molecular weight excluding hydrogens is 188 g/mol. The van der Waals surface area contributed by atoms with Crippen molar-refractivity contribution in [1.29, 1.82) is 0 Å². The molecule has 1 aliphatic carbocycles. The Bertz CT molecular complexity index is 339. The minimum absolute atomic E-state index is 0.844. The second-order valence-corrected chi connectivity index (χ2v) is 4.84. The molecule has 0 atom stereocenters. The van der Waals surface area contributed by atoms with Crippen molar-refractivity contribution in [3.63, 3.8) is 0 Å². The molecule has 0 unspecified atom stereocenters. The Morgan fingerprint density at radius 1 is 1.20 bits per heavy atom. The molecule has 3 heteroatoms. The molecule has 1 aromatic heterocycles. The molecule has 0 bridgehead atoms. The van der Waals surface area contributed by atoms with Crippen molar-refractivity contribution < 1.29 is 4.52 Å². The van der Waals surface area contributed by atoms with Crippen molar-refractivity contribution in [2.24, 2.45) is 5.92 Å². The topological polar surface area (TPSA) is 38.1 Å². The zero-order valence-corrected chi connectivity index (χ0v) is 9.09. The highest BCUT2D eigenvalue weighted by atomic mass is 16.5. The van der Waals surface area contributed by atoms with Gasteiger partial charge in [0.05, 0.1) is 0 Å². The van der Waals surface area contributed by atoms with E-state index >= 15 is 0 Å². The smallest absolute Gasteiger partial charge is 0.141 e. The molecule has 3 nitrogen and oxygen atoms in total. The van der Waals surface area contributed by atoms with Crippen molar-refractivity contribution >= 4 is 0 Å². The SMILES string of the molecule is C1CCC(Cc2onc3c2CNC3)CC1. The minimum atomic E-state index is 0.844. The zero-order chi connectivity index (χ0) is 10.1. The number of hydrogen-bond acceptors (Lipinski definition) is 3. The fraction of sp³-hybridized carbons (Fsp3) is 0.750. The molecule has 2 aliphatic rings. The number of aromatic nitrogens is 1. The summed E-state index contributed by atoms with van der Waals surface area (Å²) in [6.45, 7) is 1.85. The van der Waals surface area contributed by atoms with Crippen LogP contribution in [0.15, 0.2) is 4.52 Å². The van der Waals surface area contributed by atoms with Crippen LogP contribution in [0.4, 0.5) is 0 Å². The van der Waals surface area contributed by atoms with E-state index < -0.39 is 0 Å². The van der Waals surface area contributed by atoms with Crippen LogP contribution in [0.2, 0.25) is 0 Å². The highest BCUT2D eigenvalue weighted by molar-refractivity contribution is 5.26. The van der Waals surface area contributed by atoms with Crippen LogP contribution in [0.1, 0.15) is 49.1 Å². The van der Waals surface area contributed by atoms with Gasteiger partial charge in [-0.25, -0.2) is 0 Å². The van der Waals surface area contributed by atoms with E-state index in [4.69, 9.17) is 4.52 Å². The average molecular weight is 206 g/mol. The van der Waals surface area contributed by atoms with Crippen LogP contribution < -0.4 is 5.32 Å². The predicted molar refractivity (Wildman–Crippen MR) is 57.3 cm³/mol. The quantitative estimate of drug-likeness (QED) is 0.807. The molecule has 0 saturated heterocycles. The number of nitrogens with one attached hydrogen (secondary N) is 1. The van der Waals surface area contributed by atoms with Crippen LogP contribution in [0, 0.1) is 5.92 Å². The zero-order valence-electron chi connectivity index (χ0n) is 9.09. The van der Waals surface area contributed by atoms with Gasteiger partial charge in [0.15, 0.2) is 0 Å². The first-order valence-electron chi connectivity index (χ1n) is 6.10. The number of fused-ring (bicyclic) bond motifs is 1. The molecule has 1 saturated carbocycles. The first kappa shape index (κ1) is 9.40. The standard InChI is InChI=1S/C12H18N2O/c1-2-4-9(5-3-1)6-12-10-7-13-8-11(10)14-15-12/h9,13H,1-8H2. The summed E-state index contributed by atoms with van der Waals surface area (Å²) in [7, 11) is 0. The van der Waals surface area contributed by atoms with Crippen LogP contribution in [0.25, 0.3) is 0 Å². The molecule has 0 radical (unpaired) electrons.